The Bertz CT molecular complexity index is 948. The second-order valence-corrected chi connectivity index (χ2v) is 17.5. The summed E-state index contributed by atoms with van der Waals surface area (Å²) in [5, 5.41) is 40.2. The molecule has 0 aromatic rings. The molecule has 0 bridgehead atoms. The minimum atomic E-state index is -1.51. The Morgan fingerprint density at radius 3 is 1.33 bits per heavy atom. The first-order valence-electron chi connectivity index (χ1n) is 25.0. The molecule has 1 heterocycles. The fourth-order valence-electron chi connectivity index (χ4n) is 7.99. The number of hydrogen-bond acceptors (Lipinski definition) is 8. The first-order valence-corrected chi connectivity index (χ1v) is 25.0. The highest BCUT2D eigenvalue weighted by Gasteiger charge is 2.44. The van der Waals surface area contributed by atoms with Gasteiger partial charge in [0.1, 0.15) is 30.5 Å². The molecule has 0 aromatic carbocycles. The molecule has 8 heteroatoms. The van der Waals surface area contributed by atoms with E-state index < -0.39 is 43.4 Å². The molecule has 0 spiro atoms. The average molecular weight is 823 g/mol. The van der Waals surface area contributed by atoms with Crippen molar-refractivity contribution in [2.45, 2.75) is 288 Å². The van der Waals surface area contributed by atoms with Crippen molar-refractivity contribution >= 4 is 5.97 Å². The SMILES string of the molecule is CCCCCCC#CCCCCCCCCC(CO[C@H]1O[C@H](CO)[C@H](O)[C@@H](O)[C@@H]1O)OC(=O)CCCCCCCCCCCCCCCCCCCCCCCCC. The fraction of sp³-hybridized carbons (Fsp3) is 0.940. The van der Waals surface area contributed by atoms with Gasteiger partial charge in [-0.3, -0.25) is 4.79 Å². The number of carbonyl (C=O) groups is 1. The van der Waals surface area contributed by atoms with Crippen LogP contribution in [0.1, 0.15) is 251 Å². The predicted octanol–water partition coefficient (Wildman–Crippen LogP) is 12.2. The van der Waals surface area contributed by atoms with Crippen molar-refractivity contribution in [3.8, 4) is 11.8 Å². The third kappa shape index (κ3) is 31.6. The Balaban J connectivity index is 2.17. The topological polar surface area (TPSA) is 126 Å². The van der Waals surface area contributed by atoms with Crippen LogP contribution in [0.15, 0.2) is 0 Å². The summed E-state index contributed by atoms with van der Waals surface area (Å²) in [7, 11) is 0. The normalized spacial score (nSPS) is 19.9. The lowest BCUT2D eigenvalue weighted by molar-refractivity contribution is -0.304. The lowest BCUT2D eigenvalue weighted by atomic mass is 9.99. The van der Waals surface area contributed by atoms with Gasteiger partial charge in [0.15, 0.2) is 6.29 Å². The smallest absolute Gasteiger partial charge is 0.306 e. The van der Waals surface area contributed by atoms with Gasteiger partial charge in [-0.05, 0) is 32.1 Å². The van der Waals surface area contributed by atoms with Crippen LogP contribution in [0.25, 0.3) is 0 Å². The lowest BCUT2D eigenvalue weighted by Crippen LogP contribution is -2.59. The predicted molar refractivity (Wildman–Crippen MR) is 240 cm³/mol. The van der Waals surface area contributed by atoms with Crippen molar-refractivity contribution in [2.75, 3.05) is 13.2 Å². The van der Waals surface area contributed by atoms with Crippen molar-refractivity contribution in [1.82, 2.24) is 0 Å². The van der Waals surface area contributed by atoms with Crippen LogP contribution in [-0.4, -0.2) is 76.4 Å². The van der Waals surface area contributed by atoms with E-state index in [1.54, 1.807) is 0 Å². The van der Waals surface area contributed by atoms with Gasteiger partial charge >= 0.3 is 5.97 Å². The van der Waals surface area contributed by atoms with E-state index in [0.29, 0.717) is 12.8 Å². The Kier molecular flexibility index (Phi) is 38.9. The summed E-state index contributed by atoms with van der Waals surface area (Å²) in [6.07, 6.45) is 38.0. The van der Waals surface area contributed by atoms with Crippen LogP contribution in [0.4, 0.5) is 0 Å². The largest absolute Gasteiger partial charge is 0.460 e. The summed E-state index contributed by atoms with van der Waals surface area (Å²) in [6, 6.07) is 0. The lowest BCUT2D eigenvalue weighted by Gasteiger charge is -2.39. The molecule has 1 saturated heterocycles. The minimum absolute atomic E-state index is 0.00491. The molecule has 8 nitrogen and oxygen atoms in total. The summed E-state index contributed by atoms with van der Waals surface area (Å²) < 4.78 is 17.2. The zero-order chi connectivity index (χ0) is 42.2. The van der Waals surface area contributed by atoms with Crippen LogP contribution in [-0.2, 0) is 19.0 Å². The van der Waals surface area contributed by atoms with Gasteiger partial charge < -0.3 is 34.6 Å². The maximum Gasteiger partial charge on any atom is 0.306 e. The number of esters is 1. The molecule has 0 aliphatic carbocycles. The van der Waals surface area contributed by atoms with Crippen LogP contribution in [0.3, 0.4) is 0 Å². The van der Waals surface area contributed by atoms with Gasteiger partial charge in [-0.1, -0.05) is 200 Å². The van der Waals surface area contributed by atoms with E-state index in [1.807, 2.05) is 0 Å². The average Bonchev–Trinajstić information content (AvgIpc) is 3.22. The molecule has 0 amide bonds. The van der Waals surface area contributed by atoms with E-state index in [9.17, 15) is 25.2 Å². The van der Waals surface area contributed by atoms with E-state index in [0.717, 1.165) is 64.2 Å². The summed E-state index contributed by atoms with van der Waals surface area (Å²) in [5.74, 6) is 6.39. The summed E-state index contributed by atoms with van der Waals surface area (Å²) in [6.45, 7) is 4.00. The molecule has 6 atom stereocenters. The summed E-state index contributed by atoms with van der Waals surface area (Å²) in [4.78, 5) is 12.9. The number of carbonyl (C=O) groups excluding carboxylic acids is 1. The van der Waals surface area contributed by atoms with E-state index >= 15 is 0 Å². The zero-order valence-corrected chi connectivity index (χ0v) is 38.0. The molecule has 1 unspecified atom stereocenters. The summed E-state index contributed by atoms with van der Waals surface area (Å²) in [5.41, 5.74) is 0. The minimum Gasteiger partial charge on any atom is -0.460 e. The fourth-order valence-corrected chi connectivity index (χ4v) is 7.99. The molecule has 1 fully saturated rings. The Morgan fingerprint density at radius 1 is 0.517 bits per heavy atom. The standard InChI is InChI=1S/C50H94O8/c1-3-5-7-9-11-13-15-17-19-20-21-22-23-24-25-26-27-29-31-33-35-37-39-41-46(52)57-44(43-56-50-49(55)48(54)47(53)45(42-51)58-50)40-38-36-34-32-30-28-18-16-14-12-10-8-6-4-2/h44-45,47-51,53-55H,3-13,15,17-43H2,1-2H3/t44?,45-,47+,48-,49+,50+/m1/s1. The molecule has 1 rings (SSSR count). The molecule has 1 aliphatic rings. The van der Waals surface area contributed by atoms with Gasteiger partial charge in [0.05, 0.1) is 13.2 Å². The molecule has 0 radical (unpaired) electrons. The Morgan fingerprint density at radius 2 is 0.897 bits per heavy atom. The highest BCUT2D eigenvalue weighted by molar-refractivity contribution is 5.69. The second kappa shape index (κ2) is 41.2. The molecular formula is C50H94O8. The maximum atomic E-state index is 12.9. The van der Waals surface area contributed by atoms with Gasteiger partial charge in [0.25, 0.3) is 0 Å². The van der Waals surface area contributed by atoms with Crippen LogP contribution in [0, 0.1) is 11.8 Å². The molecule has 1 aliphatic heterocycles. The highest BCUT2D eigenvalue weighted by atomic mass is 16.7. The zero-order valence-electron chi connectivity index (χ0n) is 38.0. The highest BCUT2D eigenvalue weighted by Crippen LogP contribution is 2.23. The van der Waals surface area contributed by atoms with E-state index in [2.05, 4.69) is 25.7 Å². The molecule has 4 N–H and O–H groups in total. The van der Waals surface area contributed by atoms with Crippen LogP contribution < -0.4 is 0 Å². The maximum absolute atomic E-state index is 12.9. The molecule has 342 valence electrons. The third-order valence-electron chi connectivity index (χ3n) is 11.9. The van der Waals surface area contributed by atoms with Crippen LogP contribution in [0.5, 0.6) is 0 Å². The van der Waals surface area contributed by atoms with Crippen LogP contribution >= 0.6 is 0 Å². The number of rotatable bonds is 41. The Hall–Kier alpha value is -1.21. The first kappa shape index (κ1) is 54.8. The van der Waals surface area contributed by atoms with Crippen molar-refractivity contribution in [3.63, 3.8) is 0 Å². The summed E-state index contributed by atoms with van der Waals surface area (Å²) >= 11 is 0. The van der Waals surface area contributed by atoms with Gasteiger partial charge in [0, 0.05) is 19.3 Å². The third-order valence-corrected chi connectivity index (χ3v) is 11.9. The number of aliphatic hydroxyl groups excluding tert-OH is 4. The van der Waals surface area contributed by atoms with E-state index in [-0.39, 0.29) is 12.6 Å². The monoisotopic (exact) mass is 823 g/mol. The van der Waals surface area contributed by atoms with Gasteiger partial charge in [-0.25, -0.2) is 0 Å². The van der Waals surface area contributed by atoms with E-state index in [1.165, 1.54) is 161 Å². The first-order chi connectivity index (χ1) is 28.4. The molecular weight excluding hydrogens is 729 g/mol. The molecule has 58 heavy (non-hydrogen) atoms. The molecule has 0 saturated carbocycles. The number of ether oxygens (including phenoxy) is 3. The number of unbranched alkanes of at least 4 members (excludes halogenated alkanes) is 32. The quantitative estimate of drug-likeness (QED) is 0.0273. The Labute approximate surface area is 357 Å². The van der Waals surface area contributed by atoms with Crippen molar-refractivity contribution in [3.05, 3.63) is 0 Å². The van der Waals surface area contributed by atoms with E-state index in [4.69, 9.17) is 14.2 Å². The number of hydrogen-bond donors (Lipinski definition) is 4. The van der Waals surface area contributed by atoms with Crippen molar-refractivity contribution in [2.24, 2.45) is 0 Å². The van der Waals surface area contributed by atoms with Crippen molar-refractivity contribution in [1.29, 1.82) is 0 Å². The van der Waals surface area contributed by atoms with Gasteiger partial charge in [-0.2, -0.15) is 0 Å². The van der Waals surface area contributed by atoms with Crippen LogP contribution in [0.2, 0.25) is 0 Å². The number of aliphatic hydroxyl groups is 4. The second-order valence-electron chi connectivity index (χ2n) is 17.5. The van der Waals surface area contributed by atoms with Crippen molar-refractivity contribution < 1.29 is 39.4 Å². The van der Waals surface area contributed by atoms with Gasteiger partial charge in [-0.15, -0.1) is 11.8 Å². The van der Waals surface area contributed by atoms with Gasteiger partial charge in [0.2, 0.25) is 0 Å². The molecule has 0 aromatic heterocycles.